The fourth-order valence-corrected chi connectivity index (χ4v) is 4.57. The molecule has 2 aromatic carbocycles. The van der Waals surface area contributed by atoms with Gasteiger partial charge in [-0.15, -0.1) is 10.2 Å². The van der Waals surface area contributed by atoms with E-state index in [2.05, 4.69) is 26.1 Å². The number of hydrogen-bond donors (Lipinski definition) is 0. The van der Waals surface area contributed by atoms with Crippen molar-refractivity contribution >= 4 is 21.3 Å². The second kappa shape index (κ2) is 8.08. The molecule has 1 aliphatic rings. The van der Waals surface area contributed by atoms with Crippen molar-refractivity contribution in [3.63, 3.8) is 0 Å². The average molecular weight is 410 g/mol. The number of aromatic nitrogens is 2. The van der Waals surface area contributed by atoms with Gasteiger partial charge in [-0.3, -0.25) is 0 Å². The highest BCUT2D eigenvalue weighted by Crippen LogP contribution is 2.29. The van der Waals surface area contributed by atoms with Gasteiger partial charge in [-0.05, 0) is 36.4 Å². The quantitative estimate of drug-likeness (QED) is 0.640. The normalized spacial score (nSPS) is 14.7. The molecule has 0 atom stereocenters. The van der Waals surface area contributed by atoms with E-state index < -0.39 is 9.84 Å². The maximum atomic E-state index is 12.6. The second-order valence-corrected chi connectivity index (χ2v) is 8.59. The molecule has 0 amide bonds. The summed E-state index contributed by atoms with van der Waals surface area (Å²) in [6.07, 6.45) is 0. The van der Waals surface area contributed by atoms with Gasteiger partial charge in [0.15, 0.2) is 10.8 Å². The minimum Gasteiger partial charge on any atom is -0.495 e. The van der Waals surface area contributed by atoms with E-state index >= 15 is 0 Å². The van der Waals surface area contributed by atoms with E-state index in [0.29, 0.717) is 5.82 Å². The van der Waals surface area contributed by atoms with Gasteiger partial charge in [-0.1, -0.05) is 30.3 Å². The summed E-state index contributed by atoms with van der Waals surface area (Å²) in [5, 5.41) is 8.13. The molecule has 0 radical (unpaired) electrons. The summed E-state index contributed by atoms with van der Waals surface area (Å²) in [7, 11) is -1.98. The molecule has 7 nitrogen and oxygen atoms in total. The van der Waals surface area contributed by atoms with Gasteiger partial charge >= 0.3 is 0 Å². The predicted octanol–water partition coefficient (Wildman–Crippen LogP) is 2.64. The standard InChI is InChI=1S/C21H22N4O3S/c1-28-19-10-6-5-9-18(19)24-13-15-25(16-14-24)20-11-12-21(23-22-20)29(26,27)17-7-3-2-4-8-17/h2-12H,13-16H2,1H3. The zero-order valence-electron chi connectivity index (χ0n) is 16.1. The van der Waals surface area contributed by atoms with Crippen molar-refractivity contribution in [3.05, 3.63) is 66.7 Å². The molecule has 0 unspecified atom stereocenters. The van der Waals surface area contributed by atoms with E-state index in [1.165, 1.54) is 6.07 Å². The van der Waals surface area contributed by atoms with Crippen molar-refractivity contribution in [2.75, 3.05) is 43.1 Å². The van der Waals surface area contributed by atoms with Crippen LogP contribution in [0.3, 0.4) is 0 Å². The van der Waals surface area contributed by atoms with E-state index in [-0.39, 0.29) is 9.92 Å². The Hall–Kier alpha value is -3.13. The minimum atomic E-state index is -3.65. The van der Waals surface area contributed by atoms with Crippen molar-refractivity contribution in [1.82, 2.24) is 10.2 Å². The Kier molecular flexibility index (Phi) is 5.35. The number of para-hydroxylation sites is 2. The lowest BCUT2D eigenvalue weighted by Gasteiger charge is -2.37. The van der Waals surface area contributed by atoms with Crippen LogP contribution in [0.25, 0.3) is 0 Å². The Balaban J connectivity index is 1.46. The Bertz CT molecular complexity index is 1060. The molecule has 0 N–H and O–H groups in total. The molecule has 2 heterocycles. The van der Waals surface area contributed by atoms with Gasteiger partial charge in [-0.2, -0.15) is 0 Å². The Morgan fingerprint density at radius 3 is 2.10 bits per heavy atom. The third kappa shape index (κ3) is 3.88. The van der Waals surface area contributed by atoms with Crippen molar-refractivity contribution in [2.24, 2.45) is 0 Å². The lowest BCUT2D eigenvalue weighted by Crippen LogP contribution is -2.47. The van der Waals surface area contributed by atoms with Gasteiger partial charge in [0, 0.05) is 26.2 Å². The molecule has 1 fully saturated rings. The molecule has 0 aliphatic carbocycles. The number of nitrogens with zero attached hydrogens (tertiary/aromatic N) is 4. The molecule has 0 saturated carbocycles. The van der Waals surface area contributed by atoms with Crippen LogP contribution in [0.5, 0.6) is 5.75 Å². The van der Waals surface area contributed by atoms with Gasteiger partial charge in [0.2, 0.25) is 9.84 Å². The summed E-state index contributed by atoms with van der Waals surface area (Å²) in [4.78, 5) is 4.60. The minimum absolute atomic E-state index is 0.0416. The van der Waals surface area contributed by atoms with Gasteiger partial charge in [-0.25, -0.2) is 8.42 Å². The highest BCUT2D eigenvalue weighted by atomic mass is 32.2. The van der Waals surface area contributed by atoms with Crippen LogP contribution in [-0.2, 0) is 9.84 Å². The first-order chi connectivity index (χ1) is 14.1. The van der Waals surface area contributed by atoms with Crippen LogP contribution in [0, 0.1) is 0 Å². The Labute approximate surface area is 170 Å². The summed E-state index contributed by atoms with van der Waals surface area (Å²) in [6.45, 7) is 3.15. The third-order valence-corrected chi connectivity index (χ3v) is 6.65. The number of ether oxygens (including phenoxy) is 1. The van der Waals surface area contributed by atoms with Crippen LogP contribution in [0.15, 0.2) is 76.7 Å². The zero-order valence-corrected chi connectivity index (χ0v) is 16.9. The number of benzene rings is 2. The van der Waals surface area contributed by atoms with Crippen molar-refractivity contribution < 1.29 is 13.2 Å². The fraction of sp³-hybridized carbons (Fsp3) is 0.238. The molecule has 1 aliphatic heterocycles. The highest BCUT2D eigenvalue weighted by Gasteiger charge is 2.23. The van der Waals surface area contributed by atoms with Crippen molar-refractivity contribution in [2.45, 2.75) is 9.92 Å². The van der Waals surface area contributed by atoms with Gasteiger partial charge < -0.3 is 14.5 Å². The number of anilines is 2. The first kappa shape index (κ1) is 19.2. The third-order valence-electron chi connectivity index (χ3n) is 4.98. The Morgan fingerprint density at radius 2 is 1.45 bits per heavy atom. The SMILES string of the molecule is COc1ccccc1N1CCN(c2ccc(S(=O)(=O)c3ccccc3)nn2)CC1. The maximum absolute atomic E-state index is 12.6. The molecule has 4 rings (SSSR count). The summed E-state index contributed by atoms with van der Waals surface area (Å²) in [6, 6.07) is 19.5. The average Bonchev–Trinajstić information content (AvgIpc) is 2.80. The smallest absolute Gasteiger partial charge is 0.225 e. The van der Waals surface area contributed by atoms with E-state index in [0.717, 1.165) is 37.6 Å². The molecule has 0 spiro atoms. The van der Waals surface area contributed by atoms with Crippen LogP contribution in [0.4, 0.5) is 11.5 Å². The first-order valence-corrected chi connectivity index (χ1v) is 10.8. The monoisotopic (exact) mass is 410 g/mol. The van der Waals surface area contributed by atoms with Crippen LogP contribution < -0.4 is 14.5 Å². The molecule has 1 saturated heterocycles. The van der Waals surface area contributed by atoms with Gasteiger partial charge in [0.05, 0.1) is 17.7 Å². The fourth-order valence-electron chi connectivity index (χ4n) is 3.41. The summed E-state index contributed by atoms with van der Waals surface area (Å²) >= 11 is 0. The second-order valence-electron chi connectivity index (χ2n) is 6.69. The van der Waals surface area contributed by atoms with Crippen LogP contribution in [-0.4, -0.2) is 51.9 Å². The number of piperazine rings is 1. The molecular weight excluding hydrogens is 388 g/mol. The van der Waals surface area contributed by atoms with E-state index in [4.69, 9.17) is 4.74 Å². The molecule has 150 valence electrons. The number of hydrogen-bond acceptors (Lipinski definition) is 7. The maximum Gasteiger partial charge on any atom is 0.225 e. The zero-order chi connectivity index (χ0) is 20.3. The summed E-state index contributed by atoms with van der Waals surface area (Å²) in [5.74, 6) is 1.54. The van der Waals surface area contributed by atoms with E-state index in [9.17, 15) is 8.42 Å². The summed E-state index contributed by atoms with van der Waals surface area (Å²) < 4.78 is 30.8. The lowest BCUT2D eigenvalue weighted by atomic mass is 10.2. The molecule has 3 aromatic rings. The number of methoxy groups -OCH3 is 1. The molecule has 0 bridgehead atoms. The van der Waals surface area contributed by atoms with Crippen LogP contribution in [0.2, 0.25) is 0 Å². The predicted molar refractivity (Wildman–Crippen MR) is 111 cm³/mol. The molecule has 29 heavy (non-hydrogen) atoms. The van der Waals surface area contributed by atoms with Crippen molar-refractivity contribution in [1.29, 1.82) is 0 Å². The van der Waals surface area contributed by atoms with Crippen LogP contribution >= 0.6 is 0 Å². The highest BCUT2D eigenvalue weighted by molar-refractivity contribution is 7.91. The number of rotatable bonds is 5. The molecule has 8 heteroatoms. The van der Waals surface area contributed by atoms with Crippen molar-refractivity contribution in [3.8, 4) is 5.75 Å². The first-order valence-electron chi connectivity index (χ1n) is 9.36. The summed E-state index contributed by atoms with van der Waals surface area (Å²) in [5.41, 5.74) is 1.07. The van der Waals surface area contributed by atoms with Gasteiger partial charge in [0.1, 0.15) is 5.75 Å². The van der Waals surface area contributed by atoms with Crippen LogP contribution in [0.1, 0.15) is 0 Å². The lowest BCUT2D eigenvalue weighted by molar-refractivity contribution is 0.413. The molecular formula is C21H22N4O3S. The topological polar surface area (TPSA) is 75.6 Å². The van der Waals surface area contributed by atoms with Gasteiger partial charge in [0.25, 0.3) is 0 Å². The molecule has 1 aromatic heterocycles. The van der Waals surface area contributed by atoms with E-state index in [1.807, 2.05) is 18.2 Å². The largest absolute Gasteiger partial charge is 0.495 e. The number of sulfone groups is 1. The Morgan fingerprint density at radius 1 is 0.793 bits per heavy atom. The van der Waals surface area contributed by atoms with E-state index in [1.54, 1.807) is 43.5 Å².